The molecule has 0 N–H and O–H groups in total. The molecule has 0 bridgehead atoms. The number of fused-ring (bicyclic) bond motifs is 1. The summed E-state index contributed by atoms with van der Waals surface area (Å²) in [6, 6.07) is 24.9. The van der Waals surface area contributed by atoms with Gasteiger partial charge in [-0.1, -0.05) is 61.6 Å². The van der Waals surface area contributed by atoms with Crippen molar-refractivity contribution in [2.45, 2.75) is 13.8 Å². The number of hydrogen-bond donors (Lipinski definition) is 0. The number of halogens is 1. The summed E-state index contributed by atoms with van der Waals surface area (Å²) < 4.78 is 7.02. The normalized spacial score (nSPS) is 10.8. The number of likely N-dealkylation sites (N-methyl/N-ethyl adjacent to an activating group) is 1. The average Bonchev–Trinajstić information content (AvgIpc) is 3.26. The van der Waals surface area contributed by atoms with Gasteiger partial charge >= 0.3 is 0 Å². The zero-order valence-corrected chi connectivity index (χ0v) is 20.4. The summed E-state index contributed by atoms with van der Waals surface area (Å²) in [6.45, 7) is 7.52. The third kappa shape index (κ3) is 6.11. The maximum Gasteiger partial charge on any atom is 0.260 e. The Bertz CT molecular complexity index is 1150. The topological polar surface area (TPSA) is 45.7 Å². The summed E-state index contributed by atoms with van der Waals surface area (Å²) in [5, 5.41) is 0.720. The van der Waals surface area contributed by atoms with E-state index in [1.165, 1.54) is 0 Å². The predicted molar refractivity (Wildman–Crippen MR) is 139 cm³/mol. The minimum atomic E-state index is -0.0743. The average molecular weight is 482 g/mol. The van der Waals surface area contributed by atoms with Crippen molar-refractivity contribution >= 4 is 45.0 Å². The molecule has 7 heteroatoms. The molecule has 4 rings (SSSR count). The fourth-order valence-corrected chi connectivity index (χ4v) is 4.50. The van der Waals surface area contributed by atoms with Crippen molar-refractivity contribution in [3.05, 3.63) is 84.4 Å². The standard InChI is InChI=1S/C26H27N3O2S.ClH/c1-3-28(4-2)17-18-29(26-27-23-15-8-9-16-24(23)32-26)25(30)20-11-10-14-22(19-20)31-21-12-6-5-7-13-21;/h5-16,19H,3-4,17-18H2,1-2H3;1H. The molecule has 0 saturated heterocycles. The van der Waals surface area contributed by atoms with Gasteiger partial charge in [-0.25, -0.2) is 4.98 Å². The molecule has 3 aromatic carbocycles. The number of amides is 1. The molecule has 1 heterocycles. The van der Waals surface area contributed by atoms with Gasteiger partial charge in [-0.2, -0.15) is 0 Å². The van der Waals surface area contributed by atoms with E-state index in [4.69, 9.17) is 9.72 Å². The van der Waals surface area contributed by atoms with Crippen LogP contribution in [0.5, 0.6) is 11.5 Å². The van der Waals surface area contributed by atoms with Crippen LogP contribution in [0, 0.1) is 0 Å². The molecule has 33 heavy (non-hydrogen) atoms. The van der Waals surface area contributed by atoms with E-state index < -0.39 is 0 Å². The first-order valence-electron chi connectivity index (χ1n) is 10.9. The number of carbonyl (C=O) groups is 1. The van der Waals surface area contributed by atoms with Gasteiger partial charge in [0.1, 0.15) is 11.5 Å². The van der Waals surface area contributed by atoms with Crippen LogP contribution in [0.15, 0.2) is 78.9 Å². The number of nitrogens with zero attached hydrogens (tertiary/aromatic N) is 3. The molecule has 0 saturated carbocycles. The lowest BCUT2D eigenvalue weighted by atomic mass is 10.2. The van der Waals surface area contributed by atoms with E-state index in [-0.39, 0.29) is 18.3 Å². The quantitative estimate of drug-likeness (QED) is 0.274. The maximum absolute atomic E-state index is 13.6. The van der Waals surface area contributed by atoms with E-state index in [1.807, 2.05) is 72.8 Å². The number of benzene rings is 3. The Labute approximate surface area is 205 Å². The van der Waals surface area contributed by atoms with Crippen LogP contribution >= 0.6 is 23.7 Å². The van der Waals surface area contributed by atoms with E-state index in [2.05, 4.69) is 18.7 Å². The second-order valence-corrected chi connectivity index (χ2v) is 8.40. The molecule has 0 unspecified atom stereocenters. The molecule has 1 amide bonds. The van der Waals surface area contributed by atoms with Crippen LogP contribution in [0.4, 0.5) is 5.13 Å². The Balaban J connectivity index is 0.00000306. The summed E-state index contributed by atoms with van der Waals surface area (Å²) in [4.78, 5) is 22.5. The van der Waals surface area contributed by atoms with Crippen molar-refractivity contribution in [1.82, 2.24) is 9.88 Å². The van der Waals surface area contributed by atoms with Gasteiger partial charge in [-0.05, 0) is 55.6 Å². The van der Waals surface area contributed by atoms with Gasteiger partial charge in [0.05, 0.1) is 10.2 Å². The molecular weight excluding hydrogens is 454 g/mol. The first-order chi connectivity index (χ1) is 15.7. The minimum absolute atomic E-state index is 0. The van der Waals surface area contributed by atoms with Crippen molar-refractivity contribution in [3.8, 4) is 11.5 Å². The predicted octanol–water partition coefficient (Wildman–Crippen LogP) is 6.50. The van der Waals surface area contributed by atoms with Crippen LogP contribution < -0.4 is 9.64 Å². The summed E-state index contributed by atoms with van der Waals surface area (Å²) in [7, 11) is 0. The second kappa shape index (κ2) is 11.8. The number of rotatable bonds is 9. The number of aromatic nitrogens is 1. The van der Waals surface area contributed by atoms with Crippen molar-refractivity contribution in [2.75, 3.05) is 31.1 Å². The molecule has 0 aliphatic carbocycles. The highest BCUT2D eigenvalue weighted by atomic mass is 35.5. The Morgan fingerprint density at radius 1 is 0.879 bits per heavy atom. The highest BCUT2D eigenvalue weighted by molar-refractivity contribution is 7.22. The second-order valence-electron chi connectivity index (χ2n) is 7.39. The lowest BCUT2D eigenvalue weighted by Crippen LogP contribution is -2.38. The Morgan fingerprint density at radius 3 is 2.30 bits per heavy atom. The van der Waals surface area contributed by atoms with Crippen LogP contribution in [-0.4, -0.2) is 42.0 Å². The van der Waals surface area contributed by atoms with Crippen LogP contribution in [0.1, 0.15) is 24.2 Å². The molecule has 0 spiro atoms. The molecule has 5 nitrogen and oxygen atoms in total. The van der Waals surface area contributed by atoms with Gasteiger partial charge in [-0.15, -0.1) is 12.4 Å². The van der Waals surface area contributed by atoms with Crippen LogP contribution in [0.2, 0.25) is 0 Å². The molecule has 4 aromatic rings. The summed E-state index contributed by atoms with van der Waals surface area (Å²) >= 11 is 1.55. The number of para-hydroxylation sites is 2. The lowest BCUT2D eigenvalue weighted by Gasteiger charge is -2.25. The smallest absolute Gasteiger partial charge is 0.260 e. The molecule has 0 fully saturated rings. The molecule has 0 radical (unpaired) electrons. The fourth-order valence-electron chi connectivity index (χ4n) is 3.51. The lowest BCUT2D eigenvalue weighted by molar-refractivity contribution is 0.0983. The Hall–Kier alpha value is -2.93. The van der Waals surface area contributed by atoms with E-state index in [1.54, 1.807) is 22.3 Å². The third-order valence-electron chi connectivity index (χ3n) is 5.35. The number of carbonyl (C=O) groups excluding carboxylic acids is 1. The van der Waals surface area contributed by atoms with E-state index >= 15 is 0 Å². The van der Waals surface area contributed by atoms with Gasteiger partial charge in [0.2, 0.25) is 0 Å². The highest BCUT2D eigenvalue weighted by Gasteiger charge is 2.22. The molecular formula is C26H28ClN3O2S. The number of hydrogen-bond acceptors (Lipinski definition) is 5. The number of ether oxygens (including phenoxy) is 1. The summed E-state index contributed by atoms with van der Waals surface area (Å²) in [6.07, 6.45) is 0. The van der Waals surface area contributed by atoms with Crippen LogP contribution in [0.3, 0.4) is 0 Å². The fraction of sp³-hybridized carbons (Fsp3) is 0.231. The van der Waals surface area contributed by atoms with Crippen molar-refractivity contribution < 1.29 is 9.53 Å². The third-order valence-corrected chi connectivity index (χ3v) is 6.41. The monoisotopic (exact) mass is 481 g/mol. The van der Waals surface area contributed by atoms with Crippen molar-refractivity contribution in [2.24, 2.45) is 0 Å². The van der Waals surface area contributed by atoms with Crippen molar-refractivity contribution in [3.63, 3.8) is 0 Å². The Kier molecular flexibility index (Phi) is 8.83. The first-order valence-corrected chi connectivity index (χ1v) is 11.7. The number of anilines is 1. The summed E-state index contributed by atoms with van der Waals surface area (Å²) in [5.41, 5.74) is 1.49. The summed E-state index contributed by atoms with van der Waals surface area (Å²) in [5.74, 6) is 1.30. The van der Waals surface area contributed by atoms with Gasteiger partial charge in [0, 0.05) is 18.7 Å². The first kappa shape index (κ1) is 24.7. The molecule has 0 atom stereocenters. The van der Waals surface area contributed by atoms with Crippen LogP contribution in [-0.2, 0) is 0 Å². The van der Waals surface area contributed by atoms with Crippen molar-refractivity contribution in [1.29, 1.82) is 0 Å². The SMILES string of the molecule is CCN(CC)CCN(C(=O)c1cccc(Oc2ccccc2)c1)c1nc2ccccc2s1.Cl. The molecule has 0 aliphatic rings. The van der Waals surface area contributed by atoms with E-state index in [0.717, 1.165) is 40.7 Å². The van der Waals surface area contributed by atoms with E-state index in [9.17, 15) is 4.79 Å². The zero-order chi connectivity index (χ0) is 22.3. The van der Waals surface area contributed by atoms with Gasteiger partial charge in [-0.3, -0.25) is 9.69 Å². The van der Waals surface area contributed by atoms with Gasteiger partial charge < -0.3 is 9.64 Å². The van der Waals surface area contributed by atoms with Gasteiger partial charge in [0.25, 0.3) is 5.91 Å². The minimum Gasteiger partial charge on any atom is -0.457 e. The van der Waals surface area contributed by atoms with Crippen LogP contribution in [0.25, 0.3) is 10.2 Å². The number of thiazole rings is 1. The Morgan fingerprint density at radius 2 is 1.58 bits per heavy atom. The van der Waals surface area contributed by atoms with Gasteiger partial charge in [0.15, 0.2) is 5.13 Å². The van der Waals surface area contributed by atoms with E-state index in [0.29, 0.717) is 17.9 Å². The molecule has 172 valence electrons. The largest absolute Gasteiger partial charge is 0.457 e. The molecule has 1 aromatic heterocycles. The molecule has 0 aliphatic heterocycles. The maximum atomic E-state index is 13.6. The zero-order valence-electron chi connectivity index (χ0n) is 18.8. The highest BCUT2D eigenvalue weighted by Crippen LogP contribution is 2.30.